The predicted molar refractivity (Wildman–Crippen MR) is 88.5 cm³/mol. The van der Waals surface area contributed by atoms with Crippen molar-refractivity contribution in [3.05, 3.63) is 64.7 Å². The number of hydrogen-bond donors (Lipinski definition) is 2. The molecule has 1 unspecified atom stereocenters. The number of amides is 2. The third kappa shape index (κ3) is 3.46. The molecule has 0 aliphatic carbocycles. The maximum atomic E-state index is 12.5. The maximum Gasteiger partial charge on any atom is 0.253 e. The molecule has 0 heterocycles. The fourth-order valence-electron chi connectivity index (χ4n) is 2.14. The Morgan fingerprint density at radius 3 is 2.26 bits per heavy atom. The molecule has 3 N–H and O–H groups in total. The van der Waals surface area contributed by atoms with E-state index in [-0.39, 0.29) is 5.56 Å². The van der Waals surface area contributed by atoms with E-state index in [0.29, 0.717) is 16.3 Å². The van der Waals surface area contributed by atoms with Crippen LogP contribution >= 0.6 is 11.6 Å². The van der Waals surface area contributed by atoms with E-state index < -0.39 is 17.4 Å². The topological polar surface area (TPSA) is 81.4 Å². The van der Waals surface area contributed by atoms with Gasteiger partial charge in [-0.05, 0) is 36.8 Å². The molecule has 0 aliphatic heterocycles. The van der Waals surface area contributed by atoms with Crippen molar-refractivity contribution < 1.29 is 14.3 Å². The molecule has 2 rings (SSSR count). The highest BCUT2D eigenvalue weighted by Gasteiger charge is 2.35. The molecular formula is C17H17ClN2O3. The van der Waals surface area contributed by atoms with Crippen LogP contribution in [-0.2, 0) is 10.3 Å². The monoisotopic (exact) mass is 332 g/mol. The van der Waals surface area contributed by atoms with E-state index in [0.717, 1.165) is 0 Å². The quantitative estimate of drug-likeness (QED) is 0.882. The summed E-state index contributed by atoms with van der Waals surface area (Å²) in [5.41, 5.74) is 4.97. The van der Waals surface area contributed by atoms with Gasteiger partial charge in [-0.1, -0.05) is 35.9 Å². The van der Waals surface area contributed by atoms with Crippen LogP contribution in [0.5, 0.6) is 5.75 Å². The Balaban J connectivity index is 2.35. The number of methoxy groups -OCH3 is 1. The third-order valence-corrected chi connectivity index (χ3v) is 3.97. The number of ether oxygens (including phenoxy) is 1. The Hall–Kier alpha value is -2.53. The number of hydrogen-bond acceptors (Lipinski definition) is 3. The van der Waals surface area contributed by atoms with E-state index in [2.05, 4.69) is 5.32 Å². The molecule has 0 aliphatic rings. The van der Waals surface area contributed by atoms with Gasteiger partial charge in [0.1, 0.15) is 11.3 Å². The number of primary amides is 1. The van der Waals surface area contributed by atoms with Crippen molar-refractivity contribution in [2.75, 3.05) is 7.11 Å². The fraction of sp³-hybridized carbons (Fsp3) is 0.176. The highest BCUT2D eigenvalue weighted by atomic mass is 35.5. The van der Waals surface area contributed by atoms with Crippen molar-refractivity contribution in [1.29, 1.82) is 0 Å². The summed E-state index contributed by atoms with van der Waals surface area (Å²) in [6.45, 7) is 1.55. The second-order valence-corrected chi connectivity index (χ2v) is 5.56. The smallest absolute Gasteiger partial charge is 0.253 e. The van der Waals surface area contributed by atoms with Crippen molar-refractivity contribution in [2.45, 2.75) is 12.5 Å². The molecule has 0 saturated carbocycles. The van der Waals surface area contributed by atoms with Crippen molar-refractivity contribution in [2.24, 2.45) is 5.73 Å². The second-order valence-electron chi connectivity index (χ2n) is 5.15. The molecule has 0 radical (unpaired) electrons. The molecule has 1 atom stereocenters. The highest BCUT2D eigenvalue weighted by molar-refractivity contribution is 6.33. The largest absolute Gasteiger partial charge is 0.497 e. The molecule has 120 valence electrons. The molecule has 23 heavy (non-hydrogen) atoms. The standard InChI is InChI=1S/C17H17ClN2O3/c1-17(16(19)22,11-7-9-12(23-2)10-8-11)20-15(21)13-5-3-4-6-14(13)18/h3-10H,1-2H3,(H2,19,22)(H,20,21). The van der Waals surface area contributed by atoms with Gasteiger partial charge in [0.2, 0.25) is 5.91 Å². The average Bonchev–Trinajstić information content (AvgIpc) is 2.55. The summed E-state index contributed by atoms with van der Waals surface area (Å²) in [4.78, 5) is 24.4. The van der Waals surface area contributed by atoms with Gasteiger partial charge < -0.3 is 15.8 Å². The first kappa shape index (κ1) is 16.8. The van der Waals surface area contributed by atoms with Crippen LogP contribution in [0.4, 0.5) is 0 Å². The Morgan fingerprint density at radius 2 is 1.74 bits per heavy atom. The normalized spacial score (nSPS) is 13.0. The van der Waals surface area contributed by atoms with E-state index in [1.54, 1.807) is 62.6 Å². The molecule has 5 nitrogen and oxygen atoms in total. The minimum atomic E-state index is -1.37. The van der Waals surface area contributed by atoms with Crippen LogP contribution in [-0.4, -0.2) is 18.9 Å². The molecule has 6 heteroatoms. The van der Waals surface area contributed by atoms with Crippen LogP contribution in [0.15, 0.2) is 48.5 Å². The molecular weight excluding hydrogens is 316 g/mol. The zero-order valence-electron chi connectivity index (χ0n) is 12.8. The number of nitrogens with two attached hydrogens (primary N) is 1. The lowest BCUT2D eigenvalue weighted by molar-refractivity contribution is -0.123. The van der Waals surface area contributed by atoms with Crippen molar-refractivity contribution in [1.82, 2.24) is 5.32 Å². The number of carbonyl (C=O) groups excluding carboxylic acids is 2. The molecule has 0 saturated heterocycles. The van der Waals surface area contributed by atoms with E-state index in [4.69, 9.17) is 22.1 Å². The predicted octanol–water partition coefficient (Wildman–Crippen LogP) is 2.48. The van der Waals surface area contributed by atoms with Gasteiger partial charge in [0.15, 0.2) is 0 Å². The SMILES string of the molecule is COc1ccc(C(C)(NC(=O)c2ccccc2Cl)C(N)=O)cc1. The first-order valence-electron chi connectivity index (χ1n) is 6.90. The van der Waals surface area contributed by atoms with Gasteiger partial charge in [-0.25, -0.2) is 0 Å². The van der Waals surface area contributed by atoms with Crippen LogP contribution in [0.25, 0.3) is 0 Å². The van der Waals surface area contributed by atoms with Gasteiger partial charge in [0.25, 0.3) is 5.91 Å². The summed E-state index contributed by atoms with van der Waals surface area (Å²) in [7, 11) is 1.54. The number of carbonyl (C=O) groups is 2. The Kier molecular flexibility index (Phi) is 4.91. The summed E-state index contributed by atoms with van der Waals surface area (Å²) in [5, 5.41) is 2.96. The lowest BCUT2D eigenvalue weighted by Gasteiger charge is -2.28. The maximum absolute atomic E-state index is 12.5. The first-order chi connectivity index (χ1) is 10.9. The number of nitrogens with one attached hydrogen (secondary N) is 1. The minimum absolute atomic E-state index is 0.273. The van der Waals surface area contributed by atoms with E-state index in [1.807, 2.05) is 0 Å². The van der Waals surface area contributed by atoms with Crippen LogP contribution in [0, 0.1) is 0 Å². The van der Waals surface area contributed by atoms with Crippen molar-refractivity contribution in [3.63, 3.8) is 0 Å². The van der Waals surface area contributed by atoms with Gasteiger partial charge in [0, 0.05) is 0 Å². The number of benzene rings is 2. The molecule has 2 amide bonds. The van der Waals surface area contributed by atoms with E-state index in [9.17, 15) is 9.59 Å². The zero-order chi connectivity index (χ0) is 17.0. The molecule has 2 aromatic carbocycles. The van der Waals surface area contributed by atoms with E-state index in [1.165, 1.54) is 0 Å². The first-order valence-corrected chi connectivity index (χ1v) is 7.27. The Morgan fingerprint density at radius 1 is 1.13 bits per heavy atom. The molecule has 0 fully saturated rings. The number of halogens is 1. The summed E-state index contributed by atoms with van der Waals surface area (Å²) < 4.78 is 5.09. The van der Waals surface area contributed by atoms with Gasteiger partial charge >= 0.3 is 0 Å². The lowest BCUT2D eigenvalue weighted by Crippen LogP contribution is -2.52. The third-order valence-electron chi connectivity index (χ3n) is 3.64. The van der Waals surface area contributed by atoms with Crippen molar-refractivity contribution >= 4 is 23.4 Å². The summed E-state index contributed by atoms with van der Waals surface area (Å²) >= 11 is 6.02. The highest BCUT2D eigenvalue weighted by Crippen LogP contribution is 2.25. The summed E-state index contributed by atoms with van der Waals surface area (Å²) in [5.74, 6) is -0.520. The van der Waals surface area contributed by atoms with Gasteiger partial charge in [0.05, 0.1) is 17.7 Å². The van der Waals surface area contributed by atoms with Crippen LogP contribution in [0.3, 0.4) is 0 Å². The van der Waals surface area contributed by atoms with Gasteiger partial charge in [-0.15, -0.1) is 0 Å². The van der Waals surface area contributed by atoms with Crippen molar-refractivity contribution in [3.8, 4) is 5.75 Å². The number of rotatable bonds is 5. The van der Waals surface area contributed by atoms with Crippen LogP contribution in [0.1, 0.15) is 22.8 Å². The zero-order valence-corrected chi connectivity index (χ0v) is 13.6. The molecule has 0 bridgehead atoms. The minimum Gasteiger partial charge on any atom is -0.497 e. The fourth-order valence-corrected chi connectivity index (χ4v) is 2.36. The van der Waals surface area contributed by atoms with Crippen LogP contribution < -0.4 is 15.8 Å². The average molecular weight is 333 g/mol. The molecule has 0 aromatic heterocycles. The molecule has 0 spiro atoms. The van der Waals surface area contributed by atoms with Gasteiger partial charge in [-0.3, -0.25) is 9.59 Å². The Labute approximate surface area is 139 Å². The lowest BCUT2D eigenvalue weighted by atomic mass is 9.90. The second kappa shape index (κ2) is 6.71. The van der Waals surface area contributed by atoms with Crippen LogP contribution in [0.2, 0.25) is 5.02 Å². The Bertz CT molecular complexity index is 731. The summed E-state index contributed by atoms with van der Waals surface area (Å²) in [6, 6.07) is 13.3. The molecule has 2 aromatic rings. The van der Waals surface area contributed by atoms with E-state index >= 15 is 0 Å². The summed E-state index contributed by atoms with van der Waals surface area (Å²) in [6.07, 6.45) is 0. The van der Waals surface area contributed by atoms with Gasteiger partial charge in [-0.2, -0.15) is 0 Å².